The summed E-state index contributed by atoms with van der Waals surface area (Å²) in [5, 5.41) is 2.60. The van der Waals surface area contributed by atoms with Crippen molar-refractivity contribution in [2.45, 2.75) is 38.9 Å². The maximum absolute atomic E-state index is 12.4. The van der Waals surface area contributed by atoms with Gasteiger partial charge >= 0.3 is 6.18 Å². The third-order valence-corrected chi connectivity index (χ3v) is 3.48. The van der Waals surface area contributed by atoms with Crippen LogP contribution < -0.4 is 11.1 Å². The molecule has 1 atom stereocenters. The van der Waals surface area contributed by atoms with Gasteiger partial charge in [-0.2, -0.15) is 13.2 Å². The fourth-order valence-electron chi connectivity index (χ4n) is 2.06. The average molecular weight is 303 g/mol. The largest absolute Gasteiger partial charge is 0.417 e. The van der Waals surface area contributed by atoms with Crippen molar-refractivity contribution in [3.63, 3.8) is 0 Å². The van der Waals surface area contributed by atoms with Gasteiger partial charge in [-0.3, -0.25) is 9.78 Å². The van der Waals surface area contributed by atoms with Gasteiger partial charge in [0.2, 0.25) is 0 Å². The highest BCUT2D eigenvalue weighted by atomic mass is 19.4. The van der Waals surface area contributed by atoms with E-state index in [1.54, 1.807) is 0 Å². The topological polar surface area (TPSA) is 68.0 Å². The number of carbonyl (C=O) groups excluding carboxylic acids is 1. The van der Waals surface area contributed by atoms with Crippen LogP contribution in [-0.4, -0.2) is 23.5 Å². The number of rotatable bonds is 6. The highest BCUT2D eigenvalue weighted by molar-refractivity contribution is 5.92. The second kappa shape index (κ2) is 7.40. The molecule has 0 aliphatic heterocycles. The van der Waals surface area contributed by atoms with Crippen LogP contribution in [0.4, 0.5) is 13.2 Å². The van der Waals surface area contributed by atoms with Gasteiger partial charge in [0, 0.05) is 18.8 Å². The van der Waals surface area contributed by atoms with Crippen molar-refractivity contribution in [1.29, 1.82) is 0 Å². The molecule has 1 amide bonds. The van der Waals surface area contributed by atoms with E-state index < -0.39 is 17.6 Å². The first-order chi connectivity index (χ1) is 9.79. The summed E-state index contributed by atoms with van der Waals surface area (Å²) >= 11 is 0. The van der Waals surface area contributed by atoms with Crippen molar-refractivity contribution in [1.82, 2.24) is 10.3 Å². The summed E-state index contributed by atoms with van der Waals surface area (Å²) in [4.78, 5) is 15.3. The van der Waals surface area contributed by atoms with Crippen molar-refractivity contribution in [3.05, 3.63) is 29.6 Å². The predicted molar refractivity (Wildman–Crippen MR) is 73.6 cm³/mol. The number of hydrogen-bond acceptors (Lipinski definition) is 3. The molecule has 1 rings (SSSR count). The first-order valence-electron chi connectivity index (χ1n) is 6.86. The zero-order valence-electron chi connectivity index (χ0n) is 12.1. The molecule has 118 valence electrons. The number of nitrogens with two attached hydrogens (primary N) is 1. The summed E-state index contributed by atoms with van der Waals surface area (Å²) in [6.45, 7) is 4.31. The van der Waals surface area contributed by atoms with Crippen molar-refractivity contribution in [3.8, 4) is 0 Å². The molecule has 1 unspecified atom stereocenters. The number of aromatic nitrogens is 1. The smallest absolute Gasteiger partial charge is 0.349 e. The lowest BCUT2D eigenvalue weighted by Gasteiger charge is -2.21. The van der Waals surface area contributed by atoms with Crippen molar-refractivity contribution in [2.24, 2.45) is 11.7 Å². The molecule has 0 bridgehead atoms. The molecule has 3 N–H and O–H groups in total. The second-order valence-corrected chi connectivity index (χ2v) is 4.88. The quantitative estimate of drug-likeness (QED) is 0.849. The Morgan fingerprint density at radius 1 is 1.33 bits per heavy atom. The number of amides is 1. The lowest BCUT2D eigenvalue weighted by molar-refractivity contribution is -0.137. The van der Waals surface area contributed by atoms with E-state index in [0.29, 0.717) is 12.1 Å². The third kappa shape index (κ3) is 5.00. The summed E-state index contributed by atoms with van der Waals surface area (Å²) in [6.07, 6.45) is -1.99. The molecule has 21 heavy (non-hydrogen) atoms. The molecule has 0 saturated heterocycles. The number of nitrogens with zero attached hydrogens (tertiary/aromatic N) is 1. The van der Waals surface area contributed by atoms with Crippen molar-refractivity contribution in [2.75, 3.05) is 6.54 Å². The van der Waals surface area contributed by atoms with Gasteiger partial charge in [0.15, 0.2) is 0 Å². The fraction of sp³-hybridized carbons (Fsp3) is 0.571. The molecule has 0 saturated carbocycles. The molecule has 0 aliphatic carbocycles. The van der Waals surface area contributed by atoms with Crippen LogP contribution >= 0.6 is 0 Å². The van der Waals surface area contributed by atoms with Crippen LogP contribution in [0.1, 0.15) is 42.7 Å². The summed E-state index contributed by atoms with van der Waals surface area (Å²) in [5.74, 6) is -0.226. The Morgan fingerprint density at radius 3 is 2.38 bits per heavy atom. The number of alkyl halides is 3. The van der Waals surface area contributed by atoms with E-state index in [0.717, 1.165) is 25.0 Å². The normalized spacial score (nSPS) is 13.3. The zero-order chi connectivity index (χ0) is 16.0. The Morgan fingerprint density at radius 2 is 1.95 bits per heavy atom. The minimum Gasteiger partial charge on any atom is -0.349 e. The van der Waals surface area contributed by atoms with Crippen LogP contribution in [0, 0.1) is 5.92 Å². The summed E-state index contributed by atoms with van der Waals surface area (Å²) < 4.78 is 37.2. The molecule has 4 nitrogen and oxygen atoms in total. The molecule has 0 aromatic carbocycles. The predicted octanol–water partition coefficient (Wildman–Crippen LogP) is 2.59. The van der Waals surface area contributed by atoms with Gasteiger partial charge in [-0.05, 0) is 18.1 Å². The van der Waals surface area contributed by atoms with Gasteiger partial charge < -0.3 is 11.1 Å². The number of hydrogen-bond donors (Lipinski definition) is 2. The van der Waals surface area contributed by atoms with Crippen LogP contribution in [0.15, 0.2) is 18.3 Å². The van der Waals surface area contributed by atoms with Gasteiger partial charge in [0.25, 0.3) is 5.91 Å². The van der Waals surface area contributed by atoms with Crippen molar-refractivity contribution >= 4 is 5.91 Å². The average Bonchev–Trinajstić information content (AvgIpc) is 2.45. The Bertz CT molecular complexity index is 456. The molecule has 1 aromatic rings. The molecule has 0 radical (unpaired) electrons. The van der Waals surface area contributed by atoms with Crippen LogP contribution in [-0.2, 0) is 6.18 Å². The number of halogens is 3. The molecule has 0 fully saturated rings. The minimum atomic E-state index is -4.46. The third-order valence-electron chi connectivity index (χ3n) is 3.48. The molecule has 7 heteroatoms. The number of pyridine rings is 1. The molecular weight excluding hydrogens is 283 g/mol. The van der Waals surface area contributed by atoms with Gasteiger partial charge in [0.1, 0.15) is 5.69 Å². The molecule has 0 aliphatic rings. The lowest BCUT2D eigenvalue weighted by atomic mass is 9.95. The van der Waals surface area contributed by atoms with Gasteiger partial charge in [-0.1, -0.05) is 26.7 Å². The van der Waals surface area contributed by atoms with E-state index in [4.69, 9.17) is 5.73 Å². The minimum absolute atomic E-state index is 0.0558. The van der Waals surface area contributed by atoms with Crippen LogP contribution in [0.2, 0.25) is 0 Å². The Balaban J connectivity index is 2.60. The number of carbonyl (C=O) groups is 1. The first-order valence-corrected chi connectivity index (χ1v) is 6.86. The highest BCUT2D eigenvalue weighted by Crippen LogP contribution is 2.28. The molecule has 1 heterocycles. The maximum Gasteiger partial charge on any atom is 0.417 e. The van der Waals surface area contributed by atoms with E-state index in [1.165, 1.54) is 0 Å². The van der Waals surface area contributed by atoms with E-state index in [-0.39, 0.29) is 18.3 Å². The molecule has 1 aromatic heterocycles. The standard InChI is InChI=1S/C14H20F3N3O/c1-3-9(4-2)11(18)8-20-13(21)12-6-5-10(7-19-12)14(15,16)17/h5-7,9,11H,3-4,8,18H2,1-2H3,(H,20,21). The zero-order valence-corrected chi connectivity index (χ0v) is 12.1. The SMILES string of the molecule is CCC(CC)C(N)CNC(=O)c1ccc(C(F)(F)F)cn1. The van der Waals surface area contributed by atoms with Crippen molar-refractivity contribution < 1.29 is 18.0 Å². The highest BCUT2D eigenvalue weighted by Gasteiger charge is 2.30. The van der Waals surface area contributed by atoms with Crippen LogP contribution in [0.3, 0.4) is 0 Å². The lowest BCUT2D eigenvalue weighted by Crippen LogP contribution is -2.42. The monoisotopic (exact) mass is 303 g/mol. The molecule has 0 spiro atoms. The van der Waals surface area contributed by atoms with E-state index in [2.05, 4.69) is 10.3 Å². The first kappa shape index (κ1) is 17.4. The number of nitrogens with one attached hydrogen (secondary N) is 1. The van der Waals surface area contributed by atoms with Gasteiger partial charge in [0.05, 0.1) is 5.56 Å². The maximum atomic E-state index is 12.4. The van der Waals surface area contributed by atoms with Crippen LogP contribution in [0.25, 0.3) is 0 Å². The summed E-state index contributed by atoms with van der Waals surface area (Å²) in [5.41, 5.74) is 5.03. The van der Waals surface area contributed by atoms with E-state index in [1.807, 2.05) is 13.8 Å². The Hall–Kier alpha value is -1.63. The summed E-state index contributed by atoms with van der Waals surface area (Å²) in [6, 6.07) is 1.71. The second-order valence-electron chi connectivity index (χ2n) is 4.88. The van der Waals surface area contributed by atoms with Gasteiger partial charge in [-0.15, -0.1) is 0 Å². The van der Waals surface area contributed by atoms with Gasteiger partial charge in [-0.25, -0.2) is 0 Å². The Kier molecular flexibility index (Phi) is 6.14. The van der Waals surface area contributed by atoms with E-state index >= 15 is 0 Å². The van der Waals surface area contributed by atoms with Crippen LogP contribution in [0.5, 0.6) is 0 Å². The van der Waals surface area contributed by atoms with E-state index in [9.17, 15) is 18.0 Å². The summed E-state index contributed by atoms with van der Waals surface area (Å²) in [7, 11) is 0. The molecular formula is C14H20F3N3O. The fourth-order valence-corrected chi connectivity index (χ4v) is 2.06. The Labute approximate surface area is 121 Å².